The zero-order valence-corrected chi connectivity index (χ0v) is 15.0. The third kappa shape index (κ3) is 5.13. The van der Waals surface area contributed by atoms with Gasteiger partial charge in [-0.25, -0.2) is 4.98 Å². The molecule has 6 nitrogen and oxygen atoms in total. The van der Waals surface area contributed by atoms with E-state index in [1.807, 2.05) is 0 Å². The first-order valence-electron chi connectivity index (χ1n) is 8.43. The Hall–Kier alpha value is -2.89. The molecule has 1 atom stereocenters. The highest BCUT2D eigenvalue weighted by Crippen LogP contribution is 2.27. The van der Waals surface area contributed by atoms with Gasteiger partial charge in [0.1, 0.15) is 11.9 Å². The molecule has 0 aliphatic rings. The predicted octanol–water partition coefficient (Wildman–Crippen LogP) is 3.58. The number of fused-ring (bicyclic) bond motifs is 1. The first-order chi connectivity index (χ1) is 13.5. The van der Waals surface area contributed by atoms with E-state index >= 15 is 0 Å². The number of alkyl halides is 6. The quantitative estimate of drug-likeness (QED) is 0.599. The number of aryl methyl sites for hydroxylation is 1. The number of anilines is 1. The Morgan fingerprint density at radius 3 is 2.34 bits per heavy atom. The highest BCUT2D eigenvalue weighted by Gasteiger charge is 2.39. The summed E-state index contributed by atoms with van der Waals surface area (Å²) in [5.41, 5.74) is 0.942. The minimum atomic E-state index is -4.80. The number of benzene rings is 1. The zero-order chi connectivity index (χ0) is 21.2. The van der Waals surface area contributed by atoms with Gasteiger partial charge in [-0.1, -0.05) is 30.3 Å². The van der Waals surface area contributed by atoms with Crippen molar-refractivity contribution in [1.82, 2.24) is 24.9 Å². The van der Waals surface area contributed by atoms with Crippen molar-refractivity contribution in [2.75, 3.05) is 11.9 Å². The molecule has 2 heterocycles. The average Bonchev–Trinajstić information content (AvgIpc) is 3.05. The number of halogens is 6. The molecule has 2 N–H and O–H groups in total. The second-order valence-electron chi connectivity index (χ2n) is 6.27. The maximum absolute atomic E-state index is 13.4. The monoisotopic (exact) mass is 418 g/mol. The fourth-order valence-electron chi connectivity index (χ4n) is 2.58. The van der Waals surface area contributed by atoms with Gasteiger partial charge in [0.25, 0.3) is 11.6 Å². The second-order valence-corrected chi connectivity index (χ2v) is 6.27. The lowest BCUT2D eigenvalue weighted by atomic mass is 10.2. The van der Waals surface area contributed by atoms with Crippen LogP contribution in [0.25, 0.3) is 5.78 Å². The summed E-state index contributed by atoms with van der Waals surface area (Å²) in [5, 5.41) is 8.23. The van der Waals surface area contributed by atoms with Crippen LogP contribution in [0.3, 0.4) is 0 Å². The molecular weight excluding hydrogens is 402 g/mol. The summed E-state index contributed by atoms with van der Waals surface area (Å²) in [5.74, 6) is -1.86. The molecule has 156 valence electrons. The normalized spacial score (nSPS) is 13.6. The van der Waals surface area contributed by atoms with Crippen LogP contribution in [0.1, 0.15) is 17.1 Å². The van der Waals surface area contributed by atoms with Crippen LogP contribution >= 0.6 is 0 Å². The highest BCUT2D eigenvalue weighted by atomic mass is 19.4. The largest absolute Gasteiger partial charge is 0.453 e. The van der Waals surface area contributed by atoms with Gasteiger partial charge in [0.05, 0.1) is 0 Å². The molecule has 29 heavy (non-hydrogen) atoms. The van der Waals surface area contributed by atoms with Crippen molar-refractivity contribution < 1.29 is 26.3 Å². The second kappa shape index (κ2) is 7.85. The van der Waals surface area contributed by atoms with Crippen LogP contribution in [0.5, 0.6) is 0 Å². The lowest BCUT2D eigenvalue weighted by Gasteiger charge is -2.22. The van der Waals surface area contributed by atoms with Gasteiger partial charge in [-0.15, -0.1) is 5.10 Å². The van der Waals surface area contributed by atoms with Crippen LogP contribution in [0.4, 0.5) is 32.2 Å². The lowest BCUT2D eigenvalue weighted by Crippen LogP contribution is -2.46. The highest BCUT2D eigenvalue weighted by molar-refractivity contribution is 5.45. The molecule has 1 aromatic carbocycles. The molecule has 1 unspecified atom stereocenters. The van der Waals surface area contributed by atoms with Crippen LogP contribution in [0.2, 0.25) is 0 Å². The number of rotatable bonds is 6. The summed E-state index contributed by atoms with van der Waals surface area (Å²) in [7, 11) is 0. The van der Waals surface area contributed by atoms with Crippen molar-refractivity contribution in [3.8, 4) is 0 Å². The Morgan fingerprint density at radius 1 is 1.03 bits per heavy atom. The van der Waals surface area contributed by atoms with E-state index in [9.17, 15) is 26.3 Å². The van der Waals surface area contributed by atoms with E-state index in [0.717, 1.165) is 4.52 Å². The molecule has 0 radical (unpaired) electrons. The molecule has 0 amide bonds. The SMILES string of the molecule is Cc1cc(NCC(NCc2ccccc2)C(F)(F)F)n2nc(C(F)(F)F)nc2n1. The molecular formula is C17H16F6N6. The van der Waals surface area contributed by atoms with Crippen LogP contribution in [0.15, 0.2) is 36.4 Å². The molecule has 0 saturated carbocycles. The molecule has 12 heteroatoms. The Balaban J connectivity index is 1.79. The van der Waals surface area contributed by atoms with E-state index < -0.39 is 30.8 Å². The first kappa shape index (κ1) is 20.8. The number of hydrogen-bond donors (Lipinski definition) is 2. The molecule has 2 aromatic heterocycles. The number of hydrogen-bond acceptors (Lipinski definition) is 5. The minimum absolute atomic E-state index is 0.0287. The maximum Gasteiger partial charge on any atom is 0.453 e. The average molecular weight is 418 g/mol. The Kier molecular flexibility index (Phi) is 5.64. The van der Waals surface area contributed by atoms with Crippen LogP contribution in [0, 0.1) is 6.92 Å². The van der Waals surface area contributed by atoms with E-state index in [1.165, 1.54) is 13.0 Å². The van der Waals surface area contributed by atoms with Crippen molar-refractivity contribution in [3.63, 3.8) is 0 Å². The van der Waals surface area contributed by atoms with Gasteiger partial charge < -0.3 is 10.6 Å². The van der Waals surface area contributed by atoms with E-state index in [1.54, 1.807) is 30.3 Å². The van der Waals surface area contributed by atoms with Crippen molar-refractivity contribution in [2.45, 2.75) is 31.9 Å². The van der Waals surface area contributed by atoms with Crippen molar-refractivity contribution in [3.05, 3.63) is 53.5 Å². The molecule has 0 bridgehead atoms. The van der Waals surface area contributed by atoms with Crippen LogP contribution in [-0.2, 0) is 12.7 Å². The van der Waals surface area contributed by atoms with Crippen molar-refractivity contribution >= 4 is 11.6 Å². The molecule has 3 aromatic rings. The Bertz CT molecular complexity index is 966. The fraction of sp³-hybridized carbons (Fsp3) is 0.353. The van der Waals surface area contributed by atoms with E-state index in [2.05, 4.69) is 25.7 Å². The molecule has 0 spiro atoms. The van der Waals surface area contributed by atoms with Gasteiger partial charge in [0.15, 0.2) is 0 Å². The summed E-state index contributed by atoms with van der Waals surface area (Å²) in [6, 6.07) is 7.87. The predicted molar refractivity (Wildman–Crippen MR) is 92.1 cm³/mol. The topological polar surface area (TPSA) is 67.1 Å². The van der Waals surface area contributed by atoms with Gasteiger partial charge in [-0.05, 0) is 12.5 Å². The fourth-order valence-corrected chi connectivity index (χ4v) is 2.58. The summed E-state index contributed by atoms with van der Waals surface area (Å²) in [4.78, 5) is 7.13. The van der Waals surface area contributed by atoms with E-state index in [4.69, 9.17) is 0 Å². The summed E-state index contributed by atoms with van der Waals surface area (Å²) in [6.45, 7) is 0.830. The summed E-state index contributed by atoms with van der Waals surface area (Å²) >= 11 is 0. The molecule has 0 saturated heterocycles. The minimum Gasteiger partial charge on any atom is -0.368 e. The molecule has 3 rings (SSSR count). The summed E-state index contributed by atoms with van der Waals surface area (Å²) in [6.07, 6.45) is -9.38. The number of nitrogens with zero attached hydrogens (tertiary/aromatic N) is 4. The smallest absolute Gasteiger partial charge is 0.368 e. The van der Waals surface area contributed by atoms with Gasteiger partial charge >= 0.3 is 12.4 Å². The zero-order valence-electron chi connectivity index (χ0n) is 15.0. The van der Waals surface area contributed by atoms with Gasteiger partial charge in [-0.3, -0.25) is 0 Å². The Morgan fingerprint density at radius 2 is 1.72 bits per heavy atom. The standard InChI is InChI=1S/C17H16F6N6/c1-10-7-13(29-15(26-10)27-14(28-29)17(21,22)23)25-9-12(16(18,19)20)24-8-11-5-3-2-4-6-11/h2-7,12,24-25H,8-9H2,1H3. The lowest BCUT2D eigenvalue weighted by molar-refractivity contribution is -0.152. The molecule has 0 aliphatic carbocycles. The maximum atomic E-state index is 13.4. The number of aromatic nitrogens is 4. The van der Waals surface area contributed by atoms with Crippen LogP contribution in [-0.4, -0.2) is 38.3 Å². The molecule has 0 fully saturated rings. The van der Waals surface area contributed by atoms with Crippen LogP contribution < -0.4 is 10.6 Å². The third-order valence-corrected chi connectivity index (χ3v) is 3.97. The van der Waals surface area contributed by atoms with Crippen molar-refractivity contribution in [1.29, 1.82) is 0 Å². The van der Waals surface area contributed by atoms with Gasteiger partial charge in [0.2, 0.25) is 0 Å². The third-order valence-electron chi connectivity index (χ3n) is 3.97. The molecule has 0 aliphatic heterocycles. The van der Waals surface area contributed by atoms with E-state index in [0.29, 0.717) is 5.56 Å². The van der Waals surface area contributed by atoms with Crippen molar-refractivity contribution in [2.24, 2.45) is 0 Å². The Labute approximate surface area is 161 Å². The number of nitrogens with one attached hydrogen (secondary N) is 2. The van der Waals surface area contributed by atoms with Gasteiger partial charge in [-0.2, -0.15) is 35.8 Å². The van der Waals surface area contributed by atoms with Gasteiger partial charge in [0, 0.05) is 24.8 Å². The van der Waals surface area contributed by atoms with E-state index in [-0.39, 0.29) is 23.8 Å². The first-order valence-corrected chi connectivity index (χ1v) is 8.43. The summed E-state index contributed by atoms with van der Waals surface area (Å²) < 4.78 is 79.4.